The standard InChI is InChI=1S/C10H18O7/c1-13-5-16-8-4-15-7(3-11)9(12)10(8)17-6-14-2/h3,8-12H,4-6H2,1-2H3/t8-,9+,10+/m0/s1. The lowest BCUT2D eigenvalue weighted by Gasteiger charge is -2.35. The summed E-state index contributed by atoms with van der Waals surface area (Å²) in [4.78, 5) is 0. The van der Waals surface area contributed by atoms with Crippen LogP contribution in [-0.2, 0) is 23.7 Å². The molecule has 7 heteroatoms. The Morgan fingerprint density at radius 2 is 1.94 bits per heavy atom. The lowest BCUT2D eigenvalue weighted by molar-refractivity contribution is -0.213. The SMILES string of the molecule is COCO[C@@H]1[C@@H](OCOC)COC(=CO)[C@H]1O. The zero-order valence-electron chi connectivity index (χ0n) is 9.87. The third-order valence-electron chi connectivity index (χ3n) is 2.29. The van der Waals surface area contributed by atoms with E-state index < -0.39 is 18.3 Å². The minimum absolute atomic E-state index is 0.00722. The Morgan fingerprint density at radius 1 is 1.29 bits per heavy atom. The summed E-state index contributed by atoms with van der Waals surface area (Å²) in [5, 5.41) is 18.7. The van der Waals surface area contributed by atoms with Crippen molar-refractivity contribution < 1.29 is 33.9 Å². The highest BCUT2D eigenvalue weighted by Gasteiger charge is 2.38. The molecular formula is C10H18O7. The first-order valence-electron chi connectivity index (χ1n) is 5.10. The monoisotopic (exact) mass is 250 g/mol. The number of methoxy groups -OCH3 is 2. The van der Waals surface area contributed by atoms with Gasteiger partial charge in [0, 0.05) is 14.2 Å². The Balaban J connectivity index is 2.62. The minimum Gasteiger partial charge on any atom is -0.512 e. The molecule has 1 fully saturated rings. The van der Waals surface area contributed by atoms with Gasteiger partial charge < -0.3 is 33.9 Å². The largest absolute Gasteiger partial charge is 0.512 e. The van der Waals surface area contributed by atoms with Crippen LogP contribution in [0.2, 0.25) is 0 Å². The van der Waals surface area contributed by atoms with Crippen LogP contribution in [-0.4, -0.2) is 62.9 Å². The van der Waals surface area contributed by atoms with E-state index in [-0.39, 0.29) is 26.0 Å². The van der Waals surface area contributed by atoms with Crippen molar-refractivity contribution in [2.45, 2.75) is 18.3 Å². The van der Waals surface area contributed by atoms with Crippen molar-refractivity contribution in [2.24, 2.45) is 0 Å². The molecule has 0 radical (unpaired) electrons. The fourth-order valence-electron chi connectivity index (χ4n) is 1.48. The van der Waals surface area contributed by atoms with E-state index >= 15 is 0 Å². The predicted octanol–water partition coefficient (Wildman–Crippen LogP) is -0.245. The van der Waals surface area contributed by atoms with Gasteiger partial charge in [-0.2, -0.15) is 0 Å². The van der Waals surface area contributed by atoms with Crippen molar-refractivity contribution >= 4 is 0 Å². The lowest BCUT2D eigenvalue weighted by atomic mass is 10.0. The Labute approximate surface area is 99.5 Å². The first kappa shape index (κ1) is 14.2. The number of ether oxygens (including phenoxy) is 5. The van der Waals surface area contributed by atoms with Gasteiger partial charge in [-0.25, -0.2) is 0 Å². The molecule has 3 atom stereocenters. The summed E-state index contributed by atoms with van der Waals surface area (Å²) in [6.07, 6.45) is -1.58. The molecule has 1 rings (SSSR count). The minimum atomic E-state index is -1.11. The second-order valence-corrected chi connectivity index (χ2v) is 3.44. The average Bonchev–Trinajstić information content (AvgIpc) is 2.35. The zero-order chi connectivity index (χ0) is 12.7. The Hall–Kier alpha value is -0.860. The highest BCUT2D eigenvalue weighted by Crippen LogP contribution is 2.23. The highest BCUT2D eigenvalue weighted by molar-refractivity contribution is 5.04. The lowest BCUT2D eigenvalue weighted by Crippen LogP contribution is -2.49. The topological polar surface area (TPSA) is 86.6 Å². The van der Waals surface area contributed by atoms with E-state index in [1.165, 1.54) is 14.2 Å². The van der Waals surface area contributed by atoms with Gasteiger partial charge in [-0.3, -0.25) is 0 Å². The molecule has 17 heavy (non-hydrogen) atoms. The molecule has 1 aliphatic heterocycles. The van der Waals surface area contributed by atoms with Crippen molar-refractivity contribution in [3.05, 3.63) is 12.0 Å². The van der Waals surface area contributed by atoms with E-state index in [0.29, 0.717) is 6.26 Å². The maximum atomic E-state index is 9.87. The predicted molar refractivity (Wildman–Crippen MR) is 56.2 cm³/mol. The van der Waals surface area contributed by atoms with Crippen molar-refractivity contribution in [1.82, 2.24) is 0 Å². The van der Waals surface area contributed by atoms with Crippen LogP contribution in [0.15, 0.2) is 12.0 Å². The summed E-state index contributed by atoms with van der Waals surface area (Å²) in [5.41, 5.74) is 0. The molecule has 0 aromatic heterocycles. The van der Waals surface area contributed by atoms with Crippen molar-refractivity contribution in [3.8, 4) is 0 Å². The van der Waals surface area contributed by atoms with Crippen LogP contribution in [0.3, 0.4) is 0 Å². The summed E-state index contributed by atoms with van der Waals surface area (Å²) < 4.78 is 25.3. The molecular weight excluding hydrogens is 232 g/mol. The number of hydrogen-bond donors (Lipinski definition) is 2. The molecule has 0 spiro atoms. The molecule has 0 aliphatic carbocycles. The van der Waals surface area contributed by atoms with E-state index in [4.69, 9.17) is 28.8 Å². The maximum Gasteiger partial charge on any atom is 0.161 e. The van der Waals surface area contributed by atoms with Gasteiger partial charge in [0.1, 0.15) is 44.8 Å². The molecule has 7 nitrogen and oxygen atoms in total. The van der Waals surface area contributed by atoms with Crippen LogP contribution in [0, 0.1) is 0 Å². The quantitative estimate of drug-likeness (QED) is 0.496. The number of hydrogen-bond acceptors (Lipinski definition) is 7. The van der Waals surface area contributed by atoms with E-state index in [9.17, 15) is 5.11 Å². The van der Waals surface area contributed by atoms with Gasteiger partial charge in [0.25, 0.3) is 0 Å². The molecule has 1 aliphatic rings. The van der Waals surface area contributed by atoms with Gasteiger partial charge >= 0.3 is 0 Å². The molecule has 100 valence electrons. The van der Waals surface area contributed by atoms with Crippen LogP contribution in [0.5, 0.6) is 0 Å². The van der Waals surface area contributed by atoms with Gasteiger partial charge in [-0.05, 0) is 0 Å². The van der Waals surface area contributed by atoms with Crippen LogP contribution < -0.4 is 0 Å². The van der Waals surface area contributed by atoms with Gasteiger partial charge in [0.2, 0.25) is 0 Å². The zero-order valence-corrected chi connectivity index (χ0v) is 9.87. The van der Waals surface area contributed by atoms with E-state index in [1.807, 2.05) is 0 Å². The summed E-state index contributed by atoms with van der Waals surface area (Å²) in [6, 6.07) is 0. The second-order valence-electron chi connectivity index (χ2n) is 3.44. The van der Waals surface area contributed by atoms with Crippen molar-refractivity contribution in [1.29, 1.82) is 0 Å². The van der Waals surface area contributed by atoms with Crippen LogP contribution in [0.1, 0.15) is 0 Å². The fraction of sp³-hybridized carbons (Fsp3) is 0.800. The Bertz CT molecular complexity index is 243. The number of aliphatic hydroxyl groups excluding tert-OH is 2. The highest BCUT2D eigenvalue weighted by atomic mass is 16.7. The first-order valence-corrected chi connectivity index (χ1v) is 5.10. The molecule has 1 heterocycles. The van der Waals surface area contributed by atoms with Crippen LogP contribution in [0.4, 0.5) is 0 Å². The first-order chi connectivity index (χ1) is 8.24. The summed E-state index contributed by atoms with van der Waals surface area (Å²) in [5.74, 6) is 0.0448. The van der Waals surface area contributed by atoms with E-state index in [1.54, 1.807) is 0 Å². The molecule has 0 aromatic carbocycles. The normalized spacial score (nSPS) is 31.5. The van der Waals surface area contributed by atoms with Crippen LogP contribution >= 0.6 is 0 Å². The fourth-order valence-corrected chi connectivity index (χ4v) is 1.48. The Morgan fingerprint density at radius 3 is 2.53 bits per heavy atom. The third-order valence-corrected chi connectivity index (χ3v) is 2.29. The van der Waals surface area contributed by atoms with E-state index in [0.717, 1.165) is 0 Å². The second kappa shape index (κ2) is 7.46. The molecule has 0 unspecified atom stereocenters. The summed E-state index contributed by atoms with van der Waals surface area (Å²) >= 11 is 0. The smallest absolute Gasteiger partial charge is 0.161 e. The molecule has 1 saturated heterocycles. The number of aliphatic hydroxyl groups is 2. The van der Waals surface area contributed by atoms with Gasteiger partial charge in [0.15, 0.2) is 5.76 Å². The molecule has 0 bridgehead atoms. The molecule has 0 saturated carbocycles. The van der Waals surface area contributed by atoms with Crippen molar-refractivity contribution in [3.63, 3.8) is 0 Å². The summed E-state index contributed by atoms with van der Waals surface area (Å²) in [6.45, 7) is 0.222. The van der Waals surface area contributed by atoms with Crippen LogP contribution in [0.25, 0.3) is 0 Å². The molecule has 0 aromatic rings. The van der Waals surface area contributed by atoms with Crippen molar-refractivity contribution in [2.75, 3.05) is 34.4 Å². The maximum absolute atomic E-state index is 9.87. The third kappa shape index (κ3) is 3.83. The number of rotatable bonds is 6. The average molecular weight is 250 g/mol. The van der Waals surface area contributed by atoms with Gasteiger partial charge in [0.05, 0.1) is 0 Å². The van der Waals surface area contributed by atoms with Gasteiger partial charge in [-0.15, -0.1) is 0 Å². The van der Waals surface area contributed by atoms with Gasteiger partial charge in [-0.1, -0.05) is 0 Å². The summed E-state index contributed by atoms with van der Waals surface area (Å²) in [7, 11) is 2.96. The van der Waals surface area contributed by atoms with E-state index in [2.05, 4.69) is 0 Å². The Kier molecular flexibility index (Phi) is 6.23. The molecule has 2 N–H and O–H groups in total. The molecule has 0 amide bonds.